The Balaban J connectivity index is 2.07. The van der Waals surface area contributed by atoms with Crippen LogP contribution in [-0.2, 0) is 4.43 Å². The number of ether oxygens (including phenoxy) is 1. The predicted molar refractivity (Wildman–Crippen MR) is 132 cm³/mol. The van der Waals surface area contributed by atoms with Gasteiger partial charge in [0, 0.05) is 25.8 Å². The first-order valence-corrected chi connectivity index (χ1v) is 13.5. The number of anilines is 2. The summed E-state index contributed by atoms with van der Waals surface area (Å²) in [5.41, 5.74) is 3.92. The molecular formula is C25H38N2O3Si. The van der Waals surface area contributed by atoms with Gasteiger partial charge in [-0.05, 0) is 41.8 Å². The van der Waals surface area contributed by atoms with Gasteiger partial charge in [-0.25, -0.2) is 4.79 Å². The van der Waals surface area contributed by atoms with Crippen molar-refractivity contribution >= 4 is 25.8 Å². The highest BCUT2D eigenvalue weighted by Gasteiger charge is 2.50. The maximum absolute atomic E-state index is 13.9. The summed E-state index contributed by atoms with van der Waals surface area (Å²) in [4.78, 5) is 17.7. The molecule has 2 aliphatic rings. The van der Waals surface area contributed by atoms with Crippen LogP contribution in [0.15, 0.2) is 42.0 Å². The zero-order chi connectivity index (χ0) is 23.1. The van der Waals surface area contributed by atoms with Crippen molar-refractivity contribution in [1.82, 2.24) is 0 Å². The molecule has 1 aliphatic heterocycles. The minimum absolute atomic E-state index is 0.216. The van der Waals surface area contributed by atoms with Gasteiger partial charge < -0.3 is 14.1 Å². The van der Waals surface area contributed by atoms with Gasteiger partial charge in [-0.2, -0.15) is 0 Å². The first-order chi connectivity index (χ1) is 14.5. The average molecular weight is 443 g/mol. The predicted octanol–water partition coefficient (Wildman–Crippen LogP) is 6.52. The lowest BCUT2D eigenvalue weighted by Crippen LogP contribution is -2.57. The fourth-order valence-corrected chi connectivity index (χ4v) is 10.4. The van der Waals surface area contributed by atoms with Gasteiger partial charge in [0.05, 0.1) is 11.7 Å². The number of allylic oxidation sites excluding steroid dienone is 2. The quantitative estimate of drug-likeness (QED) is 0.487. The standard InChI is InChI=1S/C25H38N2O3Si/c1-16(2)31(17(3)4,18(5)6)30-25(28)27-21-12-10-19(7)14-23(21)29-24-15-20(26(8)9)11-13-22(24)27/h10-18,21,23H,1-9H3. The van der Waals surface area contributed by atoms with E-state index in [2.05, 4.69) is 66.7 Å². The third kappa shape index (κ3) is 4.14. The van der Waals surface area contributed by atoms with Crippen molar-refractivity contribution in [2.45, 2.75) is 77.2 Å². The first-order valence-electron chi connectivity index (χ1n) is 11.4. The summed E-state index contributed by atoms with van der Waals surface area (Å²) in [6.45, 7) is 15.3. The number of hydrogen-bond acceptors (Lipinski definition) is 4. The van der Waals surface area contributed by atoms with Crippen molar-refractivity contribution < 1.29 is 14.0 Å². The van der Waals surface area contributed by atoms with Crippen LogP contribution in [0, 0.1) is 0 Å². The van der Waals surface area contributed by atoms with E-state index in [9.17, 15) is 4.79 Å². The van der Waals surface area contributed by atoms with E-state index in [-0.39, 0.29) is 18.2 Å². The van der Waals surface area contributed by atoms with Gasteiger partial charge in [0.2, 0.25) is 0 Å². The number of amides is 1. The molecule has 31 heavy (non-hydrogen) atoms. The molecule has 0 radical (unpaired) electrons. The van der Waals surface area contributed by atoms with Crippen molar-refractivity contribution in [2.75, 3.05) is 23.9 Å². The number of benzene rings is 1. The Bertz CT molecular complexity index is 867. The largest absolute Gasteiger partial charge is 0.502 e. The molecule has 2 unspecified atom stereocenters. The van der Waals surface area contributed by atoms with E-state index >= 15 is 0 Å². The minimum Gasteiger partial charge on any atom is -0.502 e. The van der Waals surface area contributed by atoms with Gasteiger partial charge in [-0.3, -0.25) is 4.90 Å². The van der Waals surface area contributed by atoms with Crippen LogP contribution in [0.4, 0.5) is 16.2 Å². The molecule has 0 N–H and O–H groups in total. The van der Waals surface area contributed by atoms with Crippen molar-refractivity contribution in [3.63, 3.8) is 0 Å². The monoisotopic (exact) mass is 442 g/mol. The lowest BCUT2D eigenvalue weighted by atomic mass is 9.97. The molecule has 1 aromatic carbocycles. The second-order valence-electron chi connectivity index (χ2n) is 9.94. The van der Waals surface area contributed by atoms with Crippen LogP contribution in [0.2, 0.25) is 16.6 Å². The Morgan fingerprint density at radius 3 is 2.26 bits per heavy atom. The van der Waals surface area contributed by atoms with E-state index in [4.69, 9.17) is 9.16 Å². The molecule has 0 aromatic heterocycles. The highest BCUT2D eigenvalue weighted by Crippen LogP contribution is 2.45. The number of nitrogens with zero attached hydrogens (tertiary/aromatic N) is 2. The average Bonchev–Trinajstić information content (AvgIpc) is 2.68. The number of hydrogen-bond donors (Lipinski definition) is 0. The van der Waals surface area contributed by atoms with Crippen LogP contribution < -0.4 is 14.5 Å². The van der Waals surface area contributed by atoms with Crippen LogP contribution in [0.3, 0.4) is 0 Å². The van der Waals surface area contributed by atoms with E-state index < -0.39 is 8.32 Å². The molecule has 1 amide bonds. The van der Waals surface area contributed by atoms with E-state index in [0.717, 1.165) is 22.7 Å². The molecule has 0 bridgehead atoms. The molecule has 3 rings (SSSR count). The molecule has 1 heterocycles. The molecule has 0 spiro atoms. The molecule has 170 valence electrons. The summed E-state index contributed by atoms with van der Waals surface area (Å²) in [6, 6.07) is 5.79. The van der Waals surface area contributed by atoms with Crippen LogP contribution >= 0.6 is 0 Å². The molecular weight excluding hydrogens is 404 g/mol. The molecule has 0 fully saturated rings. The summed E-state index contributed by atoms with van der Waals surface area (Å²) in [7, 11) is 1.63. The van der Waals surface area contributed by atoms with E-state index in [1.54, 1.807) is 0 Å². The third-order valence-electron chi connectivity index (χ3n) is 6.77. The molecule has 5 nitrogen and oxygen atoms in total. The number of rotatable bonds is 5. The SMILES string of the molecule is CC1=CC2Oc3cc(N(C)C)ccc3N(C(=O)O[Si](C(C)C)(C(C)C)C(C)C)C2C=C1. The van der Waals surface area contributed by atoms with Crippen molar-refractivity contribution in [1.29, 1.82) is 0 Å². The highest BCUT2D eigenvalue weighted by molar-refractivity contribution is 6.79. The van der Waals surface area contributed by atoms with Gasteiger partial charge in [0.1, 0.15) is 11.9 Å². The fraction of sp³-hybridized carbons (Fsp3) is 0.560. The van der Waals surface area contributed by atoms with E-state index in [1.165, 1.54) is 0 Å². The maximum Gasteiger partial charge on any atom is 0.401 e. The Kier molecular flexibility index (Phi) is 6.60. The van der Waals surface area contributed by atoms with Gasteiger partial charge in [0.25, 0.3) is 8.32 Å². The van der Waals surface area contributed by atoms with Gasteiger partial charge in [0.15, 0.2) is 0 Å². The molecule has 1 aromatic rings. The smallest absolute Gasteiger partial charge is 0.401 e. The van der Waals surface area contributed by atoms with E-state index in [0.29, 0.717) is 16.6 Å². The third-order valence-corrected chi connectivity index (χ3v) is 12.7. The lowest BCUT2D eigenvalue weighted by molar-refractivity contribution is 0.176. The highest BCUT2D eigenvalue weighted by atomic mass is 28.4. The zero-order valence-corrected chi connectivity index (χ0v) is 21.5. The van der Waals surface area contributed by atoms with Gasteiger partial charge in [-0.15, -0.1) is 0 Å². The summed E-state index contributed by atoms with van der Waals surface area (Å²) in [6.07, 6.45) is 5.73. The van der Waals surface area contributed by atoms with Crippen LogP contribution in [-0.4, -0.2) is 40.7 Å². The molecule has 6 heteroatoms. The summed E-state index contributed by atoms with van der Waals surface area (Å²) in [5, 5.41) is 0. The Morgan fingerprint density at radius 1 is 1.10 bits per heavy atom. The topological polar surface area (TPSA) is 42.0 Å². The zero-order valence-electron chi connectivity index (χ0n) is 20.5. The minimum atomic E-state index is -2.37. The van der Waals surface area contributed by atoms with Crippen LogP contribution in [0.25, 0.3) is 0 Å². The van der Waals surface area contributed by atoms with Crippen molar-refractivity contribution in [2.24, 2.45) is 0 Å². The first kappa shape index (κ1) is 23.5. The normalized spacial score (nSPS) is 20.4. The maximum atomic E-state index is 13.9. The van der Waals surface area contributed by atoms with Crippen molar-refractivity contribution in [3.8, 4) is 5.75 Å². The molecule has 2 atom stereocenters. The van der Waals surface area contributed by atoms with Gasteiger partial charge >= 0.3 is 6.09 Å². The molecule has 0 saturated heterocycles. The number of carbonyl (C=O) groups is 1. The van der Waals surface area contributed by atoms with Crippen LogP contribution in [0.5, 0.6) is 5.75 Å². The fourth-order valence-electron chi connectivity index (χ4n) is 5.27. The van der Waals surface area contributed by atoms with E-state index in [1.807, 2.05) is 42.1 Å². The number of fused-ring (bicyclic) bond motifs is 2. The summed E-state index contributed by atoms with van der Waals surface area (Å²) < 4.78 is 12.9. The summed E-state index contributed by atoms with van der Waals surface area (Å²) >= 11 is 0. The second kappa shape index (κ2) is 8.73. The Labute approximate surface area is 188 Å². The van der Waals surface area contributed by atoms with Crippen LogP contribution in [0.1, 0.15) is 48.5 Å². The number of carbonyl (C=O) groups excluding carboxylic acids is 1. The molecule has 1 aliphatic carbocycles. The lowest BCUT2D eigenvalue weighted by Gasteiger charge is -2.45. The van der Waals surface area contributed by atoms with Gasteiger partial charge in [-0.1, -0.05) is 59.3 Å². The Hall–Kier alpha value is -2.21. The second-order valence-corrected chi connectivity index (χ2v) is 15.3. The van der Waals surface area contributed by atoms with Crippen molar-refractivity contribution in [3.05, 3.63) is 42.0 Å². The molecule has 0 saturated carbocycles. The Morgan fingerprint density at radius 2 is 1.71 bits per heavy atom. The summed E-state index contributed by atoms with van der Waals surface area (Å²) in [5.74, 6) is 0.717.